The van der Waals surface area contributed by atoms with Crippen LogP contribution in [0.2, 0.25) is 0 Å². The average Bonchev–Trinajstić information content (AvgIpc) is 2.81. The molecule has 0 radical (unpaired) electrons. The molecule has 0 fully saturated rings. The molecule has 2 aliphatic heterocycles. The summed E-state index contributed by atoms with van der Waals surface area (Å²) in [6.45, 7) is 0.550. The molecule has 2 aromatic rings. The quantitative estimate of drug-likeness (QED) is 0.682. The van der Waals surface area contributed by atoms with Gasteiger partial charge in [-0.15, -0.1) is 0 Å². The van der Waals surface area contributed by atoms with E-state index in [0.717, 1.165) is 11.1 Å². The second-order valence-corrected chi connectivity index (χ2v) is 10.5. The standard InChI is InChI=1S/C24H25F2N5O2S/c1-31(13-14-34(2,32)33)23-22-21(12-11-20(28-22)17-5-9-19(26)10-6-17)29-24(30-23)27-15-16-3-7-18(25)8-4-16/h3-12,21-22H,13-15H2,1-2H3,(H,27,29). The Kier molecular flexibility index (Phi) is 6.87. The highest BCUT2D eigenvalue weighted by atomic mass is 32.2. The molecular weight excluding hydrogens is 460 g/mol. The predicted molar refractivity (Wildman–Crippen MR) is 130 cm³/mol. The molecule has 0 saturated carbocycles. The van der Waals surface area contributed by atoms with Crippen LogP contribution in [0.1, 0.15) is 11.1 Å². The number of dihydropyridines is 1. The highest BCUT2D eigenvalue weighted by Gasteiger charge is 2.34. The fraction of sp³-hybridized carbons (Fsp3) is 0.292. The summed E-state index contributed by atoms with van der Waals surface area (Å²) in [5.41, 5.74) is 2.28. The van der Waals surface area contributed by atoms with Gasteiger partial charge in [-0.1, -0.05) is 18.2 Å². The van der Waals surface area contributed by atoms with Gasteiger partial charge in [-0.05, 0) is 53.6 Å². The summed E-state index contributed by atoms with van der Waals surface area (Å²) in [6.07, 6.45) is 5.00. The third-order valence-corrected chi connectivity index (χ3v) is 6.44. The summed E-state index contributed by atoms with van der Waals surface area (Å²) in [6, 6.07) is 11.5. The fourth-order valence-electron chi connectivity index (χ4n) is 3.63. The van der Waals surface area contributed by atoms with Crippen molar-refractivity contribution in [3.05, 3.63) is 83.4 Å². The van der Waals surface area contributed by atoms with Crippen LogP contribution in [0, 0.1) is 11.6 Å². The molecule has 1 N–H and O–H groups in total. The van der Waals surface area contributed by atoms with Crippen molar-refractivity contribution < 1.29 is 17.2 Å². The minimum absolute atomic E-state index is 0.0280. The minimum atomic E-state index is -3.17. The van der Waals surface area contributed by atoms with E-state index in [-0.39, 0.29) is 30.0 Å². The largest absolute Gasteiger partial charge is 0.360 e. The molecule has 10 heteroatoms. The lowest BCUT2D eigenvalue weighted by Crippen LogP contribution is -2.55. The maximum absolute atomic E-state index is 13.4. The molecule has 0 spiro atoms. The van der Waals surface area contributed by atoms with Crippen LogP contribution >= 0.6 is 0 Å². The number of hydrogen-bond donors (Lipinski definition) is 1. The van der Waals surface area contributed by atoms with Gasteiger partial charge < -0.3 is 10.2 Å². The molecule has 34 heavy (non-hydrogen) atoms. The van der Waals surface area contributed by atoms with Crippen LogP contribution in [0.3, 0.4) is 0 Å². The Morgan fingerprint density at radius 3 is 2.35 bits per heavy atom. The molecule has 0 aromatic heterocycles. The van der Waals surface area contributed by atoms with Gasteiger partial charge in [0.2, 0.25) is 5.96 Å². The second kappa shape index (κ2) is 9.84. The van der Waals surface area contributed by atoms with Crippen molar-refractivity contribution in [1.29, 1.82) is 0 Å². The van der Waals surface area contributed by atoms with Gasteiger partial charge in [0.1, 0.15) is 33.3 Å². The van der Waals surface area contributed by atoms with Crippen molar-refractivity contribution in [2.45, 2.75) is 18.6 Å². The lowest BCUT2D eigenvalue weighted by molar-refractivity contribution is 0.484. The van der Waals surface area contributed by atoms with Crippen molar-refractivity contribution in [1.82, 2.24) is 10.2 Å². The summed E-state index contributed by atoms with van der Waals surface area (Å²) >= 11 is 0. The monoisotopic (exact) mass is 485 g/mol. The first-order valence-electron chi connectivity index (χ1n) is 10.7. The van der Waals surface area contributed by atoms with Gasteiger partial charge in [0.15, 0.2) is 0 Å². The molecule has 0 saturated heterocycles. The average molecular weight is 486 g/mol. The van der Waals surface area contributed by atoms with Gasteiger partial charge >= 0.3 is 0 Å². The number of sulfone groups is 1. The minimum Gasteiger partial charge on any atom is -0.360 e. The number of hydrogen-bond acceptors (Lipinski definition) is 5. The third kappa shape index (κ3) is 5.93. The first-order chi connectivity index (χ1) is 16.2. The summed E-state index contributed by atoms with van der Waals surface area (Å²) in [4.78, 5) is 15.8. The van der Waals surface area contributed by atoms with E-state index in [4.69, 9.17) is 4.99 Å². The summed E-state index contributed by atoms with van der Waals surface area (Å²) in [5, 5.41) is 3.26. The molecule has 178 valence electrons. The number of halogens is 2. The first kappa shape index (κ1) is 23.7. The number of nitrogens with one attached hydrogen (secondary N) is 1. The maximum atomic E-state index is 13.4. The summed E-state index contributed by atoms with van der Waals surface area (Å²) in [5.74, 6) is 0.293. The Bertz CT molecular complexity index is 1270. The smallest absolute Gasteiger partial charge is 0.220 e. The van der Waals surface area contributed by atoms with E-state index < -0.39 is 15.9 Å². The van der Waals surface area contributed by atoms with Crippen LogP contribution in [0.5, 0.6) is 0 Å². The van der Waals surface area contributed by atoms with E-state index in [2.05, 4.69) is 15.3 Å². The molecule has 2 heterocycles. The number of guanidine groups is 1. The van der Waals surface area contributed by atoms with Crippen molar-refractivity contribution >= 4 is 27.3 Å². The van der Waals surface area contributed by atoms with Crippen LogP contribution in [0.25, 0.3) is 0 Å². The number of nitrogens with zero attached hydrogens (tertiary/aromatic N) is 4. The number of fused-ring (bicyclic) bond motifs is 1. The van der Waals surface area contributed by atoms with E-state index in [1.165, 1.54) is 30.5 Å². The number of benzene rings is 2. The lowest BCUT2D eigenvalue weighted by Gasteiger charge is -2.35. The van der Waals surface area contributed by atoms with Gasteiger partial charge in [-0.25, -0.2) is 22.2 Å². The molecule has 2 unspecified atom stereocenters. The van der Waals surface area contributed by atoms with Crippen molar-refractivity contribution in [2.24, 2.45) is 15.0 Å². The van der Waals surface area contributed by atoms with Gasteiger partial charge in [-0.2, -0.15) is 4.99 Å². The Morgan fingerprint density at radius 1 is 1.06 bits per heavy atom. The van der Waals surface area contributed by atoms with Crippen LogP contribution in [0.15, 0.2) is 75.7 Å². The van der Waals surface area contributed by atoms with Crippen molar-refractivity contribution in [3.63, 3.8) is 0 Å². The van der Waals surface area contributed by atoms with Gasteiger partial charge in [0.25, 0.3) is 0 Å². The zero-order valence-corrected chi connectivity index (χ0v) is 19.6. The normalized spacial score (nSPS) is 20.9. The van der Waals surface area contributed by atoms with Crippen LogP contribution in [0.4, 0.5) is 8.78 Å². The molecule has 2 aromatic carbocycles. The number of amidine groups is 1. The number of aliphatic imine (C=N–C) groups is 3. The lowest BCUT2D eigenvalue weighted by atomic mass is 9.98. The number of likely N-dealkylation sites (N-methyl/N-ethyl adjacent to an activating group) is 1. The Balaban J connectivity index is 1.64. The highest BCUT2D eigenvalue weighted by molar-refractivity contribution is 7.90. The molecule has 0 aliphatic carbocycles. The SMILES string of the molecule is CN(CCS(C)(=O)=O)C1=NC(=NCc2ccc(F)cc2)NC2C=CC(c3ccc(F)cc3)=NC12. The van der Waals surface area contributed by atoms with E-state index in [9.17, 15) is 17.2 Å². The molecule has 2 atom stereocenters. The van der Waals surface area contributed by atoms with Gasteiger partial charge in [0, 0.05) is 19.8 Å². The summed E-state index contributed by atoms with van der Waals surface area (Å²) < 4.78 is 50.0. The molecule has 7 nitrogen and oxygen atoms in total. The topological polar surface area (TPSA) is 86.5 Å². The third-order valence-electron chi connectivity index (χ3n) is 5.51. The zero-order chi connectivity index (χ0) is 24.3. The van der Waals surface area contributed by atoms with Gasteiger partial charge in [0.05, 0.1) is 24.1 Å². The van der Waals surface area contributed by atoms with Gasteiger partial charge in [-0.3, -0.25) is 4.99 Å². The maximum Gasteiger partial charge on any atom is 0.220 e. The van der Waals surface area contributed by atoms with E-state index in [1.54, 1.807) is 36.2 Å². The molecule has 0 bridgehead atoms. The Labute approximate surface area is 197 Å². The van der Waals surface area contributed by atoms with Crippen LogP contribution in [-0.2, 0) is 16.4 Å². The Hall–Kier alpha value is -3.40. The van der Waals surface area contributed by atoms with Crippen LogP contribution in [-0.4, -0.2) is 68.5 Å². The number of rotatable bonds is 6. The molecule has 2 aliphatic rings. The Morgan fingerprint density at radius 2 is 1.71 bits per heavy atom. The van der Waals surface area contributed by atoms with Crippen molar-refractivity contribution in [2.75, 3.05) is 25.6 Å². The highest BCUT2D eigenvalue weighted by Crippen LogP contribution is 2.20. The fourth-order valence-corrected chi connectivity index (χ4v) is 4.24. The molecule has 0 amide bonds. The number of allylic oxidation sites excluding steroid dienone is 1. The van der Waals surface area contributed by atoms with Crippen molar-refractivity contribution in [3.8, 4) is 0 Å². The van der Waals surface area contributed by atoms with E-state index in [1.807, 2.05) is 12.2 Å². The second-order valence-electron chi connectivity index (χ2n) is 8.28. The molecular formula is C24H25F2N5O2S. The van der Waals surface area contributed by atoms with Crippen LogP contribution < -0.4 is 5.32 Å². The van der Waals surface area contributed by atoms with E-state index >= 15 is 0 Å². The predicted octanol–water partition coefficient (Wildman–Crippen LogP) is 2.60. The van der Waals surface area contributed by atoms with E-state index in [0.29, 0.717) is 24.1 Å². The zero-order valence-electron chi connectivity index (χ0n) is 18.8. The summed E-state index contributed by atoms with van der Waals surface area (Å²) in [7, 11) is -1.39. The first-order valence-corrected chi connectivity index (χ1v) is 12.8. The molecule has 4 rings (SSSR count).